The van der Waals surface area contributed by atoms with E-state index in [4.69, 9.17) is 9.47 Å². The maximum absolute atomic E-state index is 13.2. The molecule has 2 amide bonds. The number of benzene rings is 1. The van der Waals surface area contributed by atoms with Gasteiger partial charge in [0.25, 0.3) is 5.91 Å². The molecule has 0 radical (unpaired) electrons. The van der Waals surface area contributed by atoms with E-state index in [9.17, 15) is 22.8 Å². The summed E-state index contributed by atoms with van der Waals surface area (Å²) in [6, 6.07) is 5.87. The largest absolute Gasteiger partial charge is 0.416 e. The van der Waals surface area contributed by atoms with E-state index in [1.165, 1.54) is 12.1 Å². The zero-order valence-electron chi connectivity index (χ0n) is 19.2. The van der Waals surface area contributed by atoms with Crippen LogP contribution in [0.25, 0.3) is 0 Å². The molecule has 0 aliphatic carbocycles. The lowest BCUT2D eigenvalue weighted by Crippen LogP contribution is -2.35. The van der Waals surface area contributed by atoms with E-state index in [0.717, 1.165) is 25.0 Å². The van der Waals surface area contributed by atoms with Gasteiger partial charge in [-0.1, -0.05) is 19.1 Å². The molecule has 7 nitrogen and oxygen atoms in total. The SMILES string of the molecule is CC[C@@H](NC(=O)Oc1cc(C(=O)N2CCC[C@@H]2C)n2c1COCC2)c1ccc(C(F)(F)F)cc1. The van der Waals surface area contributed by atoms with Crippen molar-refractivity contribution < 1.29 is 32.2 Å². The van der Waals surface area contributed by atoms with Crippen molar-refractivity contribution in [2.75, 3.05) is 13.2 Å². The van der Waals surface area contributed by atoms with Crippen LogP contribution in [0.5, 0.6) is 5.75 Å². The smallest absolute Gasteiger partial charge is 0.408 e. The van der Waals surface area contributed by atoms with Crippen molar-refractivity contribution in [1.82, 2.24) is 14.8 Å². The quantitative estimate of drug-likeness (QED) is 0.662. The maximum Gasteiger partial charge on any atom is 0.416 e. The molecular formula is C24H28F3N3O4. The van der Waals surface area contributed by atoms with Crippen LogP contribution in [0.15, 0.2) is 30.3 Å². The highest BCUT2D eigenvalue weighted by Crippen LogP contribution is 2.32. The molecule has 2 atom stereocenters. The monoisotopic (exact) mass is 479 g/mol. The Morgan fingerprint density at radius 1 is 1.24 bits per heavy atom. The van der Waals surface area contributed by atoms with E-state index < -0.39 is 23.9 Å². The van der Waals surface area contributed by atoms with E-state index >= 15 is 0 Å². The van der Waals surface area contributed by atoms with Gasteiger partial charge in [0.1, 0.15) is 5.69 Å². The molecule has 4 rings (SSSR count). The van der Waals surface area contributed by atoms with Crippen LogP contribution in [-0.4, -0.2) is 40.7 Å². The Bertz CT molecular complexity index is 1050. The minimum atomic E-state index is -4.43. The molecular weight excluding hydrogens is 451 g/mol. The fraction of sp³-hybridized carbons (Fsp3) is 0.500. The van der Waals surface area contributed by atoms with Gasteiger partial charge in [-0.3, -0.25) is 4.79 Å². The van der Waals surface area contributed by atoms with Crippen LogP contribution in [0.1, 0.15) is 66.5 Å². The Morgan fingerprint density at radius 3 is 2.59 bits per heavy atom. The average Bonchev–Trinajstić information content (AvgIpc) is 3.40. The number of hydrogen-bond donors (Lipinski definition) is 1. The van der Waals surface area contributed by atoms with E-state index in [1.807, 2.05) is 23.3 Å². The van der Waals surface area contributed by atoms with Crippen LogP contribution in [0.3, 0.4) is 0 Å². The van der Waals surface area contributed by atoms with Crippen molar-refractivity contribution in [1.29, 1.82) is 0 Å². The van der Waals surface area contributed by atoms with Gasteiger partial charge in [-0.25, -0.2) is 4.79 Å². The molecule has 34 heavy (non-hydrogen) atoms. The Kier molecular flexibility index (Phi) is 6.88. The number of carbonyl (C=O) groups excluding carboxylic acids is 2. The summed E-state index contributed by atoms with van der Waals surface area (Å²) in [5, 5.41) is 2.71. The normalized spacial score (nSPS) is 19.0. The number of alkyl halides is 3. The maximum atomic E-state index is 13.2. The fourth-order valence-corrected chi connectivity index (χ4v) is 4.54. The van der Waals surface area contributed by atoms with Crippen LogP contribution < -0.4 is 10.1 Å². The lowest BCUT2D eigenvalue weighted by molar-refractivity contribution is -0.137. The molecule has 2 aliphatic rings. The molecule has 1 N–H and O–H groups in total. The van der Waals surface area contributed by atoms with Gasteiger partial charge in [-0.15, -0.1) is 0 Å². The van der Waals surface area contributed by atoms with E-state index in [1.54, 1.807) is 6.07 Å². The molecule has 2 aliphatic heterocycles. The molecule has 10 heteroatoms. The standard InChI is InChI=1S/C24H28F3N3O4/c1-3-18(16-6-8-17(9-7-16)24(25,26)27)28-23(32)34-21-13-19(30-11-12-33-14-20(21)30)22(31)29-10-4-5-15(29)2/h6-9,13,15,18H,3-5,10-12,14H2,1-2H3,(H,28,32)/t15-,18+/m0/s1. The van der Waals surface area contributed by atoms with Gasteiger partial charge in [0.15, 0.2) is 5.75 Å². The lowest BCUT2D eigenvalue weighted by atomic mass is 10.0. The Balaban J connectivity index is 1.50. The van der Waals surface area contributed by atoms with Gasteiger partial charge in [0, 0.05) is 25.2 Å². The zero-order valence-corrected chi connectivity index (χ0v) is 19.2. The van der Waals surface area contributed by atoms with Gasteiger partial charge >= 0.3 is 12.3 Å². The van der Waals surface area contributed by atoms with Crippen LogP contribution in [-0.2, 0) is 24.1 Å². The number of nitrogens with zero attached hydrogens (tertiary/aromatic N) is 2. The molecule has 184 valence electrons. The summed E-state index contributed by atoms with van der Waals surface area (Å²) in [4.78, 5) is 27.7. The molecule has 2 aromatic rings. The first-order chi connectivity index (χ1) is 16.2. The summed E-state index contributed by atoms with van der Waals surface area (Å²) in [5.74, 6) is 0.147. The molecule has 0 saturated carbocycles. The number of halogens is 3. The molecule has 0 unspecified atom stereocenters. The van der Waals surface area contributed by atoms with Gasteiger partial charge in [-0.2, -0.15) is 13.2 Å². The van der Waals surface area contributed by atoms with E-state index in [-0.39, 0.29) is 24.3 Å². The molecule has 1 aromatic carbocycles. The highest BCUT2D eigenvalue weighted by Gasteiger charge is 2.32. The average molecular weight is 479 g/mol. The first-order valence-electron chi connectivity index (χ1n) is 11.5. The summed E-state index contributed by atoms with van der Waals surface area (Å²) < 4.78 is 51.5. The fourth-order valence-electron chi connectivity index (χ4n) is 4.54. The van der Waals surface area contributed by atoms with E-state index in [2.05, 4.69) is 5.32 Å². The Hall–Kier alpha value is -3.01. The third-order valence-corrected chi connectivity index (χ3v) is 6.44. The summed E-state index contributed by atoms with van der Waals surface area (Å²) in [7, 11) is 0. The first-order valence-corrected chi connectivity index (χ1v) is 11.5. The highest BCUT2D eigenvalue weighted by molar-refractivity contribution is 5.94. The predicted octanol–water partition coefficient (Wildman–Crippen LogP) is 4.90. The second kappa shape index (κ2) is 9.69. The second-order valence-corrected chi connectivity index (χ2v) is 8.65. The number of amides is 2. The van der Waals surface area contributed by atoms with Gasteiger partial charge in [0.2, 0.25) is 0 Å². The van der Waals surface area contributed by atoms with Crippen LogP contribution in [0, 0.1) is 0 Å². The summed E-state index contributed by atoms with van der Waals surface area (Å²) in [5.41, 5.74) is 0.857. The molecule has 0 spiro atoms. The number of aromatic nitrogens is 1. The number of nitrogens with one attached hydrogen (secondary N) is 1. The minimum Gasteiger partial charge on any atom is -0.408 e. The number of carbonyl (C=O) groups is 2. The van der Waals surface area contributed by atoms with Gasteiger partial charge in [0.05, 0.1) is 30.5 Å². The highest BCUT2D eigenvalue weighted by atomic mass is 19.4. The summed E-state index contributed by atoms with van der Waals surface area (Å²) in [6.45, 7) is 5.66. The van der Waals surface area contributed by atoms with E-state index in [0.29, 0.717) is 43.1 Å². The number of fused-ring (bicyclic) bond motifs is 1. The molecule has 3 heterocycles. The van der Waals surface area contributed by atoms with Crippen molar-refractivity contribution in [3.8, 4) is 5.75 Å². The van der Waals surface area contributed by atoms with Crippen molar-refractivity contribution in [3.63, 3.8) is 0 Å². The number of rotatable bonds is 5. The lowest BCUT2D eigenvalue weighted by Gasteiger charge is -2.24. The Labute approximate surface area is 195 Å². The number of ether oxygens (including phenoxy) is 2. The van der Waals surface area contributed by atoms with Crippen molar-refractivity contribution >= 4 is 12.0 Å². The summed E-state index contributed by atoms with van der Waals surface area (Å²) >= 11 is 0. The summed E-state index contributed by atoms with van der Waals surface area (Å²) in [6.07, 6.45) is -2.81. The molecule has 1 fully saturated rings. The van der Waals surface area contributed by atoms with Crippen LogP contribution in [0.2, 0.25) is 0 Å². The van der Waals surface area contributed by atoms with Crippen LogP contribution in [0.4, 0.5) is 18.0 Å². The number of likely N-dealkylation sites (tertiary alicyclic amines) is 1. The van der Waals surface area contributed by atoms with Gasteiger partial charge < -0.3 is 24.3 Å². The minimum absolute atomic E-state index is 0.0976. The van der Waals surface area contributed by atoms with Crippen molar-refractivity contribution in [3.05, 3.63) is 52.8 Å². The second-order valence-electron chi connectivity index (χ2n) is 8.65. The predicted molar refractivity (Wildman–Crippen MR) is 117 cm³/mol. The topological polar surface area (TPSA) is 72.8 Å². The third-order valence-electron chi connectivity index (χ3n) is 6.44. The Morgan fingerprint density at radius 2 is 1.97 bits per heavy atom. The van der Waals surface area contributed by atoms with Crippen LogP contribution >= 0.6 is 0 Å². The van der Waals surface area contributed by atoms with Crippen molar-refractivity contribution in [2.24, 2.45) is 0 Å². The molecule has 0 bridgehead atoms. The third kappa shape index (κ3) is 4.91. The molecule has 1 aromatic heterocycles. The number of hydrogen-bond acceptors (Lipinski definition) is 4. The van der Waals surface area contributed by atoms with Crippen molar-refractivity contribution in [2.45, 2.75) is 64.5 Å². The zero-order chi connectivity index (χ0) is 24.5. The first kappa shape index (κ1) is 24.1. The van der Waals surface area contributed by atoms with Gasteiger partial charge in [-0.05, 0) is 43.9 Å². The molecule has 1 saturated heterocycles.